The molecule has 1 aromatic heterocycles. The molecular weight excluding hydrogens is 354 g/mol. The molecule has 0 aliphatic carbocycles. The van der Waals surface area contributed by atoms with Gasteiger partial charge in [-0.05, 0) is 48.7 Å². The molecule has 28 heavy (non-hydrogen) atoms. The van der Waals surface area contributed by atoms with Gasteiger partial charge in [-0.3, -0.25) is 0 Å². The third kappa shape index (κ3) is 4.68. The molecule has 3 rings (SSSR count). The summed E-state index contributed by atoms with van der Waals surface area (Å²) in [4.78, 5) is 18.1. The normalized spacial score (nSPS) is 11.7. The molecule has 1 heterocycles. The van der Waals surface area contributed by atoms with Gasteiger partial charge in [0.25, 0.3) is 0 Å². The molecule has 3 aromatic rings. The minimum atomic E-state index is -0.0960. The lowest BCUT2D eigenvalue weighted by molar-refractivity contribution is 0.194. The number of nitrogens with zero attached hydrogens (tertiary/aromatic N) is 4. The molecule has 0 unspecified atom stereocenters. The first kappa shape index (κ1) is 19.4. The van der Waals surface area contributed by atoms with Crippen molar-refractivity contribution in [3.63, 3.8) is 0 Å². The van der Waals surface area contributed by atoms with E-state index in [1.54, 1.807) is 30.1 Å². The van der Waals surface area contributed by atoms with E-state index in [1.165, 1.54) is 6.33 Å². The molecule has 1 N–H and O–H groups in total. The highest BCUT2D eigenvalue weighted by atomic mass is 16.5. The fourth-order valence-corrected chi connectivity index (χ4v) is 2.88. The number of hydrogen-bond donors (Lipinski definition) is 1. The monoisotopic (exact) mass is 379 g/mol. The quantitative estimate of drug-likeness (QED) is 0.684. The summed E-state index contributed by atoms with van der Waals surface area (Å²) in [5.74, 6) is 0.830. The molecule has 146 valence electrons. The number of carbonyl (C=O) groups excluding carboxylic acids is 1. The van der Waals surface area contributed by atoms with Crippen LogP contribution in [0.1, 0.15) is 24.1 Å². The summed E-state index contributed by atoms with van der Waals surface area (Å²) in [6.07, 6.45) is 3.92. The highest BCUT2D eigenvalue weighted by Crippen LogP contribution is 2.20. The first-order chi connectivity index (χ1) is 13.6. The van der Waals surface area contributed by atoms with Crippen molar-refractivity contribution >= 4 is 6.03 Å². The SMILES string of the molecule is COc1ccc(CCNC(=O)N(C)[C@H](C)c2ccc(-n3cncn3)cc2)cc1. The minimum absolute atomic E-state index is 0.0502. The van der Waals surface area contributed by atoms with E-state index >= 15 is 0 Å². The second-order valence-corrected chi connectivity index (χ2v) is 6.55. The van der Waals surface area contributed by atoms with Crippen LogP contribution in [-0.4, -0.2) is 46.4 Å². The number of nitrogens with one attached hydrogen (secondary N) is 1. The van der Waals surface area contributed by atoms with Crippen molar-refractivity contribution in [3.05, 3.63) is 72.3 Å². The molecule has 7 nitrogen and oxygen atoms in total. The third-order valence-electron chi connectivity index (χ3n) is 4.81. The van der Waals surface area contributed by atoms with Gasteiger partial charge in [0.15, 0.2) is 0 Å². The number of urea groups is 1. The number of ether oxygens (including phenoxy) is 1. The largest absolute Gasteiger partial charge is 0.497 e. The zero-order chi connectivity index (χ0) is 19.9. The predicted molar refractivity (Wildman–Crippen MR) is 108 cm³/mol. The van der Waals surface area contributed by atoms with E-state index in [0.29, 0.717) is 6.54 Å². The van der Waals surface area contributed by atoms with Crippen LogP contribution in [0.5, 0.6) is 5.75 Å². The first-order valence-electron chi connectivity index (χ1n) is 9.17. The minimum Gasteiger partial charge on any atom is -0.497 e. The van der Waals surface area contributed by atoms with Crippen LogP contribution in [-0.2, 0) is 6.42 Å². The Hall–Kier alpha value is -3.35. The third-order valence-corrected chi connectivity index (χ3v) is 4.81. The van der Waals surface area contributed by atoms with Gasteiger partial charge in [-0.2, -0.15) is 5.10 Å². The number of methoxy groups -OCH3 is 1. The zero-order valence-electron chi connectivity index (χ0n) is 16.4. The van der Waals surface area contributed by atoms with Gasteiger partial charge in [0, 0.05) is 13.6 Å². The van der Waals surface area contributed by atoms with Crippen molar-refractivity contribution in [2.45, 2.75) is 19.4 Å². The van der Waals surface area contributed by atoms with Crippen molar-refractivity contribution in [1.29, 1.82) is 0 Å². The zero-order valence-corrected chi connectivity index (χ0v) is 16.4. The van der Waals surface area contributed by atoms with E-state index in [-0.39, 0.29) is 12.1 Å². The molecular formula is C21H25N5O2. The summed E-state index contributed by atoms with van der Waals surface area (Å²) in [6.45, 7) is 2.58. The summed E-state index contributed by atoms with van der Waals surface area (Å²) < 4.78 is 6.85. The number of benzene rings is 2. The van der Waals surface area contributed by atoms with Crippen LogP contribution in [0.4, 0.5) is 4.79 Å². The Morgan fingerprint density at radius 3 is 2.50 bits per heavy atom. The van der Waals surface area contributed by atoms with E-state index in [9.17, 15) is 4.79 Å². The molecule has 0 saturated carbocycles. The van der Waals surface area contributed by atoms with E-state index in [4.69, 9.17) is 4.74 Å². The van der Waals surface area contributed by atoms with Crippen LogP contribution in [0.3, 0.4) is 0 Å². The van der Waals surface area contributed by atoms with Gasteiger partial charge in [0.05, 0.1) is 18.8 Å². The summed E-state index contributed by atoms with van der Waals surface area (Å²) in [5, 5.41) is 7.09. The van der Waals surface area contributed by atoms with Gasteiger partial charge >= 0.3 is 6.03 Å². The maximum atomic E-state index is 12.5. The van der Waals surface area contributed by atoms with Crippen molar-refractivity contribution in [3.8, 4) is 11.4 Å². The molecule has 0 bridgehead atoms. The molecule has 0 radical (unpaired) electrons. The summed E-state index contributed by atoms with van der Waals surface area (Å²) in [7, 11) is 3.45. The van der Waals surface area contributed by atoms with Gasteiger partial charge < -0.3 is 15.0 Å². The number of amides is 2. The van der Waals surface area contributed by atoms with E-state index in [0.717, 1.165) is 29.0 Å². The van der Waals surface area contributed by atoms with E-state index in [1.807, 2.05) is 55.5 Å². The average molecular weight is 379 g/mol. The molecule has 7 heteroatoms. The first-order valence-corrected chi connectivity index (χ1v) is 9.17. The molecule has 2 aromatic carbocycles. The fraction of sp³-hybridized carbons (Fsp3) is 0.286. The molecule has 0 aliphatic rings. The molecule has 0 spiro atoms. The highest BCUT2D eigenvalue weighted by molar-refractivity contribution is 5.74. The fourth-order valence-electron chi connectivity index (χ4n) is 2.88. The Labute approximate surface area is 165 Å². The van der Waals surface area contributed by atoms with Crippen LogP contribution in [0.2, 0.25) is 0 Å². The van der Waals surface area contributed by atoms with Crippen molar-refractivity contribution in [2.24, 2.45) is 0 Å². The lowest BCUT2D eigenvalue weighted by atomic mass is 10.1. The van der Waals surface area contributed by atoms with Gasteiger partial charge in [-0.25, -0.2) is 14.5 Å². The van der Waals surface area contributed by atoms with Crippen LogP contribution in [0.25, 0.3) is 5.69 Å². The number of rotatable bonds is 7. The van der Waals surface area contributed by atoms with Gasteiger partial charge in [0.2, 0.25) is 0 Å². The molecule has 0 aliphatic heterocycles. The van der Waals surface area contributed by atoms with Gasteiger partial charge in [-0.1, -0.05) is 24.3 Å². The Balaban J connectivity index is 1.51. The summed E-state index contributed by atoms with van der Waals surface area (Å²) >= 11 is 0. The van der Waals surface area contributed by atoms with Crippen LogP contribution >= 0.6 is 0 Å². The summed E-state index contributed by atoms with van der Waals surface area (Å²) in [5.41, 5.74) is 3.14. The Kier molecular flexibility index (Phi) is 6.26. The molecule has 2 amide bonds. The second kappa shape index (κ2) is 9.03. The number of hydrogen-bond acceptors (Lipinski definition) is 4. The lowest BCUT2D eigenvalue weighted by Gasteiger charge is -2.25. The van der Waals surface area contributed by atoms with Gasteiger partial charge in [-0.15, -0.1) is 0 Å². The molecule has 1 atom stereocenters. The Morgan fingerprint density at radius 1 is 1.18 bits per heavy atom. The van der Waals surface area contributed by atoms with Crippen LogP contribution in [0.15, 0.2) is 61.2 Å². The van der Waals surface area contributed by atoms with Crippen molar-refractivity contribution in [1.82, 2.24) is 25.0 Å². The summed E-state index contributed by atoms with van der Waals surface area (Å²) in [6, 6.07) is 15.7. The average Bonchev–Trinajstić information content (AvgIpc) is 3.28. The second-order valence-electron chi connectivity index (χ2n) is 6.55. The van der Waals surface area contributed by atoms with Gasteiger partial charge in [0.1, 0.15) is 18.4 Å². The van der Waals surface area contributed by atoms with E-state index < -0.39 is 0 Å². The van der Waals surface area contributed by atoms with Crippen molar-refractivity contribution < 1.29 is 9.53 Å². The molecule has 0 fully saturated rings. The standard InChI is InChI=1S/C21H25N5O2/c1-16(18-6-8-19(9-7-18)26-15-22-14-24-26)25(2)21(27)23-13-12-17-4-10-20(28-3)11-5-17/h4-11,14-16H,12-13H2,1-3H3,(H,23,27)/t16-/m1/s1. The molecule has 0 saturated heterocycles. The van der Waals surface area contributed by atoms with E-state index in [2.05, 4.69) is 15.4 Å². The lowest BCUT2D eigenvalue weighted by Crippen LogP contribution is -2.39. The van der Waals surface area contributed by atoms with Crippen LogP contribution < -0.4 is 10.1 Å². The number of aromatic nitrogens is 3. The maximum Gasteiger partial charge on any atom is 0.317 e. The van der Waals surface area contributed by atoms with Crippen molar-refractivity contribution in [2.75, 3.05) is 20.7 Å². The van der Waals surface area contributed by atoms with Crippen LogP contribution in [0, 0.1) is 0 Å². The predicted octanol–water partition coefficient (Wildman–Crippen LogP) is 3.22. The maximum absolute atomic E-state index is 12.5. The Morgan fingerprint density at radius 2 is 1.89 bits per heavy atom. The Bertz CT molecular complexity index is 876. The topological polar surface area (TPSA) is 72.3 Å². The number of carbonyl (C=O) groups is 1. The highest BCUT2D eigenvalue weighted by Gasteiger charge is 2.17. The smallest absolute Gasteiger partial charge is 0.317 e.